The van der Waals surface area contributed by atoms with E-state index in [9.17, 15) is 9.90 Å². The zero-order valence-electron chi connectivity index (χ0n) is 18.2. The molecule has 1 heterocycles. The molecule has 0 radical (unpaired) electrons. The fourth-order valence-corrected chi connectivity index (χ4v) is 3.87. The number of benzene rings is 1. The highest BCUT2D eigenvalue weighted by Crippen LogP contribution is 2.23. The zero-order valence-corrected chi connectivity index (χ0v) is 18.2. The maximum Gasteiger partial charge on any atom is 0.251 e. The molecule has 1 aromatic heterocycles. The number of nitrogens with one attached hydrogen (secondary N) is 2. The van der Waals surface area contributed by atoms with E-state index in [1.54, 1.807) is 24.4 Å². The number of amides is 1. The summed E-state index contributed by atoms with van der Waals surface area (Å²) in [6.07, 6.45) is 8.36. The lowest BCUT2D eigenvalue weighted by Crippen LogP contribution is -2.40. The van der Waals surface area contributed by atoms with E-state index in [0.29, 0.717) is 17.6 Å². The first-order valence-electron chi connectivity index (χ1n) is 10.9. The van der Waals surface area contributed by atoms with Crippen molar-refractivity contribution in [2.45, 2.75) is 64.0 Å². The van der Waals surface area contributed by atoms with Crippen molar-refractivity contribution in [3.05, 3.63) is 41.6 Å². The van der Waals surface area contributed by atoms with Crippen molar-refractivity contribution in [2.24, 2.45) is 0 Å². The van der Waals surface area contributed by atoms with Crippen LogP contribution in [-0.2, 0) is 6.42 Å². The molecule has 0 aliphatic heterocycles. The number of aromatic hydroxyl groups is 1. The summed E-state index contributed by atoms with van der Waals surface area (Å²) in [6.45, 7) is 2.12. The lowest BCUT2D eigenvalue weighted by atomic mass is 9.90. The van der Waals surface area contributed by atoms with Gasteiger partial charge in [-0.25, -0.2) is 4.98 Å². The average molecular weight is 412 g/mol. The monoisotopic (exact) mass is 411 g/mol. The molecule has 1 amide bonds. The van der Waals surface area contributed by atoms with E-state index in [0.717, 1.165) is 56.3 Å². The van der Waals surface area contributed by atoms with E-state index >= 15 is 0 Å². The van der Waals surface area contributed by atoms with E-state index in [2.05, 4.69) is 27.5 Å². The van der Waals surface area contributed by atoms with Crippen LogP contribution in [0.15, 0.2) is 30.5 Å². The highest BCUT2D eigenvalue weighted by Gasteiger charge is 2.24. The van der Waals surface area contributed by atoms with Crippen LogP contribution in [-0.4, -0.2) is 47.2 Å². The number of carbonyl (C=O) groups excluding carboxylic acids is 1. The first kappa shape index (κ1) is 21.9. The fourth-order valence-electron chi connectivity index (χ4n) is 3.87. The molecule has 7 heteroatoms. The molecule has 3 rings (SSSR count). The van der Waals surface area contributed by atoms with Gasteiger partial charge < -0.3 is 20.6 Å². The van der Waals surface area contributed by atoms with Crippen LogP contribution < -0.4 is 15.5 Å². The summed E-state index contributed by atoms with van der Waals surface area (Å²) in [7, 11) is 3.92. The number of carbonyl (C=O) groups is 1. The highest BCUT2D eigenvalue weighted by atomic mass is 16.3. The number of aromatic nitrogens is 2. The van der Waals surface area contributed by atoms with Crippen molar-refractivity contribution in [1.82, 2.24) is 15.3 Å². The summed E-state index contributed by atoms with van der Waals surface area (Å²) < 4.78 is 0. The number of unbranched alkanes of at least 4 members (excludes halogenated alkanes) is 1. The van der Waals surface area contributed by atoms with Crippen LogP contribution in [0.1, 0.15) is 61.4 Å². The Morgan fingerprint density at radius 3 is 2.60 bits per heavy atom. The van der Waals surface area contributed by atoms with Gasteiger partial charge in [-0.2, -0.15) is 4.98 Å². The minimum absolute atomic E-state index is 0.0421. The molecule has 0 atom stereocenters. The number of aryl methyl sites for hydroxylation is 1. The van der Waals surface area contributed by atoms with Gasteiger partial charge in [0, 0.05) is 37.9 Å². The van der Waals surface area contributed by atoms with E-state index in [1.807, 2.05) is 25.1 Å². The van der Waals surface area contributed by atoms with E-state index in [4.69, 9.17) is 0 Å². The second-order valence-electron chi connectivity index (χ2n) is 8.24. The van der Waals surface area contributed by atoms with Crippen LogP contribution in [0.25, 0.3) is 0 Å². The predicted octanol–water partition coefficient (Wildman–Crippen LogP) is 3.74. The number of nitrogens with zero attached hydrogens (tertiary/aromatic N) is 3. The van der Waals surface area contributed by atoms with Crippen molar-refractivity contribution < 1.29 is 9.90 Å². The minimum Gasteiger partial charge on any atom is -0.508 e. The van der Waals surface area contributed by atoms with Crippen LogP contribution in [0.3, 0.4) is 0 Å². The molecule has 0 unspecified atom stereocenters. The smallest absolute Gasteiger partial charge is 0.251 e. The largest absolute Gasteiger partial charge is 0.508 e. The molecular formula is C23H33N5O2. The SMILES string of the molecule is CCCCc1cc(O)ccc1C(=O)NC1CCC(Nc2nccc(N(C)C)n2)CC1. The number of rotatable bonds is 8. The van der Waals surface area contributed by atoms with Crippen molar-refractivity contribution in [2.75, 3.05) is 24.3 Å². The fraction of sp³-hybridized carbons (Fsp3) is 0.522. The third kappa shape index (κ3) is 5.84. The molecular weight excluding hydrogens is 378 g/mol. The minimum atomic E-state index is -0.0421. The van der Waals surface area contributed by atoms with Crippen molar-refractivity contribution in [3.8, 4) is 5.75 Å². The van der Waals surface area contributed by atoms with Crippen molar-refractivity contribution in [1.29, 1.82) is 0 Å². The van der Waals surface area contributed by atoms with Gasteiger partial charge in [-0.15, -0.1) is 0 Å². The van der Waals surface area contributed by atoms with Crippen LogP contribution in [0.5, 0.6) is 5.75 Å². The molecule has 1 saturated carbocycles. The molecule has 1 aromatic carbocycles. The first-order valence-corrected chi connectivity index (χ1v) is 10.9. The Balaban J connectivity index is 1.53. The lowest BCUT2D eigenvalue weighted by molar-refractivity contribution is 0.0925. The zero-order chi connectivity index (χ0) is 21.5. The molecule has 0 spiro atoms. The number of hydrogen-bond acceptors (Lipinski definition) is 6. The van der Waals surface area contributed by atoms with Crippen LogP contribution in [0.4, 0.5) is 11.8 Å². The van der Waals surface area contributed by atoms with Gasteiger partial charge in [-0.1, -0.05) is 13.3 Å². The Bertz CT molecular complexity index is 847. The van der Waals surface area contributed by atoms with Crippen LogP contribution in [0.2, 0.25) is 0 Å². The Morgan fingerprint density at radius 2 is 1.90 bits per heavy atom. The van der Waals surface area contributed by atoms with Gasteiger partial charge in [-0.05, 0) is 68.4 Å². The number of anilines is 2. The van der Waals surface area contributed by atoms with E-state index in [-0.39, 0.29) is 17.7 Å². The average Bonchev–Trinajstić information content (AvgIpc) is 2.74. The lowest BCUT2D eigenvalue weighted by Gasteiger charge is -2.30. The van der Waals surface area contributed by atoms with Crippen LogP contribution in [0, 0.1) is 0 Å². The number of phenols is 1. The van der Waals surface area contributed by atoms with Crippen molar-refractivity contribution in [3.63, 3.8) is 0 Å². The highest BCUT2D eigenvalue weighted by molar-refractivity contribution is 5.96. The summed E-state index contributed by atoms with van der Waals surface area (Å²) in [5, 5.41) is 16.4. The maximum absolute atomic E-state index is 12.8. The van der Waals surface area contributed by atoms with Gasteiger partial charge in [-0.3, -0.25) is 4.79 Å². The molecule has 162 valence electrons. The van der Waals surface area contributed by atoms with Gasteiger partial charge in [0.15, 0.2) is 0 Å². The van der Waals surface area contributed by atoms with Crippen LogP contribution >= 0.6 is 0 Å². The third-order valence-electron chi connectivity index (χ3n) is 5.63. The Labute approximate surface area is 178 Å². The summed E-state index contributed by atoms with van der Waals surface area (Å²) >= 11 is 0. The van der Waals surface area contributed by atoms with Gasteiger partial charge >= 0.3 is 0 Å². The molecule has 30 heavy (non-hydrogen) atoms. The Hall–Kier alpha value is -2.83. The first-order chi connectivity index (χ1) is 14.5. The maximum atomic E-state index is 12.8. The summed E-state index contributed by atoms with van der Waals surface area (Å²) in [4.78, 5) is 23.7. The molecule has 1 aliphatic rings. The molecule has 7 nitrogen and oxygen atoms in total. The van der Waals surface area contributed by atoms with E-state index in [1.165, 1.54) is 0 Å². The molecule has 1 fully saturated rings. The number of phenolic OH excluding ortho intramolecular Hbond substituents is 1. The topological polar surface area (TPSA) is 90.4 Å². The molecule has 2 aromatic rings. The molecule has 1 aliphatic carbocycles. The standard InChI is InChI=1S/C23H33N5O2/c1-4-5-6-16-15-19(29)11-12-20(16)22(30)25-17-7-9-18(10-8-17)26-23-24-14-13-21(27-23)28(2)3/h11-15,17-18,29H,4-10H2,1-3H3,(H,25,30)(H,24,26,27). The summed E-state index contributed by atoms with van der Waals surface area (Å²) in [5.41, 5.74) is 1.60. The third-order valence-corrected chi connectivity index (χ3v) is 5.63. The van der Waals surface area contributed by atoms with Gasteiger partial charge in [0.1, 0.15) is 11.6 Å². The van der Waals surface area contributed by atoms with Gasteiger partial charge in [0.2, 0.25) is 5.95 Å². The molecule has 0 saturated heterocycles. The molecule has 3 N–H and O–H groups in total. The van der Waals surface area contributed by atoms with Gasteiger partial charge in [0.25, 0.3) is 5.91 Å². The van der Waals surface area contributed by atoms with E-state index < -0.39 is 0 Å². The predicted molar refractivity (Wildman–Crippen MR) is 120 cm³/mol. The van der Waals surface area contributed by atoms with Crippen molar-refractivity contribution >= 4 is 17.7 Å². The quantitative estimate of drug-likeness (QED) is 0.613. The summed E-state index contributed by atoms with van der Waals surface area (Å²) in [5.74, 6) is 1.70. The normalized spacial score (nSPS) is 18.6. The summed E-state index contributed by atoms with van der Waals surface area (Å²) in [6, 6.07) is 7.40. The Morgan fingerprint density at radius 1 is 1.17 bits per heavy atom. The Kier molecular flexibility index (Phi) is 7.49. The molecule has 0 bridgehead atoms. The number of hydrogen-bond donors (Lipinski definition) is 3. The second-order valence-corrected chi connectivity index (χ2v) is 8.24. The van der Waals surface area contributed by atoms with Gasteiger partial charge in [0.05, 0.1) is 0 Å². The second kappa shape index (κ2) is 10.3.